The lowest BCUT2D eigenvalue weighted by atomic mass is 10.1. The SMILES string of the molecule is C[C@H](NC(=O)c1ccc(S(=O)(=O)N2CCOCC2)cc1)c1ccccc1. The molecule has 1 N–H and O–H groups in total. The van der Waals surface area contributed by atoms with Gasteiger partial charge in [-0.3, -0.25) is 4.79 Å². The summed E-state index contributed by atoms with van der Waals surface area (Å²) >= 11 is 0. The van der Waals surface area contributed by atoms with Gasteiger partial charge >= 0.3 is 0 Å². The number of hydrogen-bond donors (Lipinski definition) is 1. The van der Waals surface area contributed by atoms with Crippen LogP contribution in [0.25, 0.3) is 0 Å². The Morgan fingerprint density at radius 1 is 1.04 bits per heavy atom. The molecule has 0 saturated carbocycles. The average Bonchev–Trinajstić information content (AvgIpc) is 2.69. The van der Waals surface area contributed by atoms with Crippen LogP contribution in [0, 0.1) is 0 Å². The van der Waals surface area contributed by atoms with Crippen LogP contribution in [0.1, 0.15) is 28.9 Å². The molecule has 0 radical (unpaired) electrons. The second kappa shape index (κ2) is 7.99. The van der Waals surface area contributed by atoms with E-state index >= 15 is 0 Å². The lowest BCUT2D eigenvalue weighted by Gasteiger charge is -2.26. The molecule has 0 spiro atoms. The number of sulfonamides is 1. The molecular weight excluding hydrogens is 352 g/mol. The fourth-order valence-electron chi connectivity index (χ4n) is 2.82. The first-order valence-electron chi connectivity index (χ1n) is 8.52. The minimum absolute atomic E-state index is 0.138. The van der Waals surface area contributed by atoms with Crippen molar-refractivity contribution in [1.29, 1.82) is 0 Å². The minimum Gasteiger partial charge on any atom is -0.379 e. The van der Waals surface area contributed by atoms with Gasteiger partial charge in [-0.05, 0) is 36.8 Å². The summed E-state index contributed by atoms with van der Waals surface area (Å²) in [6.45, 7) is 3.40. The van der Waals surface area contributed by atoms with Gasteiger partial charge in [0.05, 0.1) is 24.2 Å². The van der Waals surface area contributed by atoms with Crippen molar-refractivity contribution in [3.8, 4) is 0 Å². The van der Waals surface area contributed by atoms with Crippen LogP contribution in [0.5, 0.6) is 0 Å². The molecule has 2 aromatic rings. The first-order valence-corrected chi connectivity index (χ1v) is 9.96. The molecule has 1 amide bonds. The van der Waals surface area contributed by atoms with Crippen LogP contribution in [-0.2, 0) is 14.8 Å². The van der Waals surface area contributed by atoms with Gasteiger partial charge in [0.25, 0.3) is 5.91 Å². The molecular formula is C19H22N2O4S. The molecule has 26 heavy (non-hydrogen) atoms. The number of ether oxygens (including phenoxy) is 1. The van der Waals surface area contributed by atoms with E-state index in [4.69, 9.17) is 4.74 Å². The quantitative estimate of drug-likeness (QED) is 0.871. The van der Waals surface area contributed by atoms with Gasteiger partial charge in [-0.25, -0.2) is 8.42 Å². The number of carbonyl (C=O) groups excluding carboxylic acids is 1. The molecule has 0 aliphatic carbocycles. The fourth-order valence-corrected chi connectivity index (χ4v) is 4.23. The fraction of sp³-hybridized carbons (Fsp3) is 0.316. The molecule has 1 atom stereocenters. The highest BCUT2D eigenvalue weighted by atomic mass is 32.2. The zero-order valence-corrected chi connectivity index (χ0v) is 15.4. The third-order valence-electron chi connectivity index (χ3n) is 4.37. The summed E-state index contributed by atoms with van der Waals surface area (Å²) in [5.74, 6) is -0.239. The highest BCUT2D eigenvalue weighted by Gasteiger charge is 2.26. The lowest BCUT2D eigenvalue weighted by Crippen LogP contribution is -2.40. The molecule has 0 aromatic heterocycles. The Morgan fingerprint density at radius 2 is 1.65 bits per heavy atom. The van der Waals surface area contributed by atoms with E-state index in [1.54, 1.807) is 12.1 Å². The van der Waals surface area contributed by atoms with Crippen LogP contribution in [0.3, 0.4) is 0 Å². The largest absolute Gasteiger partial charge is 0.379 e. The van der Waals surface area contributed by atoms with Gasteiger partial charge in [-0.1, -0.05) is 30.3 Å². The number of hydrogen-bond acceptors (Lipinski definition) is 4. The number of morpholine rings is 1. The van der Waals surface area contributed by atoms with Crippen molar-refractivity contribution in [1.82, 2.24) is 9.62 Å². The van der Waals surface area contributed by atoms with E-state index < -0.39 is 10.0 Å². The van der Waals surface area contributed by atoms with Crippen LogP contribution in [-0.4, -0.2) is 44.9 Å². The van der Waals surface area contributed by atoms with Crippen LogP contribution in [0.2, 0.25) is 0 Å². The highest BCUT2D eigenvalue weighted by Crippen LogP contribution is 2.18. The van der Waals surface area contributed by atoms with E-state index in [1.807, 2.05) is 37.3 Å². The Labute approximate surface area is 153 Å². The number of rotatable bonds is 5. The van der Waals surface area contributed by atoms with Crippen molar-refractivity contribution in [2.24, 2.45) is 0 Å². The van der Waals surface area contributed by atoms with Gasteiger partial charge in [0, 0.05) is 18.7 Å². The second-order valence-corrected chi connectivity index (χ2v) is 8.08. The molecule has 1 fully saturated rings. The number of benzene rings is 2. The molecule has 1 saturated heterocycles. The first-order chi connectivity index (χ1) is 12.5. The summed E-state index contributed by atoms with van der Waals surface area (Å²) in [4.78, 5) is 12.6. The summed E-state index contributed by atoms with van der Waals surface area (Å²) in [7, 11) is -3.55. The number of amides is 1. The van der Waals surface area contributed by atoms with Crippen LogP contribution in [0.4, 0.5) is 0 Å². The summed E-state index contributed by atoms with van der Waals surface area (Å²) in [6, 6.07) is 15.6. The molecule has 1 aliphatic heterocycles. The Bertz CT molecular complexity index is 845. The average molecular weight is 374 g/mol. The topological polar surface area (TPSA) is 75.7 Å². The first kappa shape index (κ1) is 18.6. The molecule has 0 unspecified atom stereocenters. The van der Waals surface area contributed by atoms with Gasteiger partial charge in [-0.2, -0.15) is 4.31 Å². The monoisotopic (exact) mass is 374 g/mol. The molecule has 3 rings (SSSR count). The second-order valence-electron chi connectivity index (χ2n) is 6.15. The van der Waals surface area contributed by atoms with Crippen molar-refractivity contribution in [3.05, 3.63) is 65.7 Å². The van der Waals surface area contributed by atoms with Crippen LogP contribution in [0.15, 0.2) is 59.5 Å². The normalized spacial score (nSPS) is 16.8. The molecule has 1 heterocycles. The Morgan fingerprint density at radius 3 is 2.27 bits per heavy atom. The van der Waals surface area contributed by atoms with E-state index in [9.17, 15) is 13.2 Å². The zero-order chi connectivity index (χ0) is 18.6. The van der Waals surface area contributed by atoms with E-state index in [0.29, 0.717) is 31.9 Å². The predicted molar refractivity (Wildman–Crippen MR) is 98.3 cm³/mol. The Balaban J connectivity index is 1.70. The Hall–Kier alpha value is -2.22. The third kappa shape index (κ3) is 4.12. The van der Waals surface area contributed by atoms with Crippen molar-refractivity contribution in [3.63, 3.8) is 0 Å². The summed E-state index contributed by atoms with van der Waals surface area (Å²) < 4.78 is 31.8. The van der Waals surface area contributed by atoms with Gasteiger partial charge in [-0.15, -0.1) is 0 Å². The van der Waals surface area contributed by atoms with Gasteiger partial charge in [0.1, 0.15) is 0 Å². The van der Waals surface area contributed by atoms with Gasteiger partial charge < -0.3 is 10.1 Å². The van der Waals surface area contributed by atoms with Gasteiger partial charge in [0.2, 0.25) is 10.0 Å². The third-order valence-corrected chi connectivity index (χ3v) is 6.28. The molecule has 2 aromatic carbocycles. The Kier molecular flexibility index (Phi) is 5.70. The standard InChI is InChI=1S/C19H22N2O4S/c1-15(16-5-3-2-4-6-16)20-19(22)17-7-9-18(10-8-17)26(23,24)21-11-13-25-14-12-21/h2-10,15H,11-14H2,1H3,(H,20,22)/t15-/m0/s1. The highest BCUT2D eigenvalue weighted by molar-refractivity contribution is 7.89. The molecule has 7 heteroatoms. The number of nitrogens with one attached hydrogen (secondary N) is 1. The minimum atomic E-state index is -3.55. The lowest BCUT2D eigenvalue weighted by molar-refractivity contribution is 0.0730. The predicted octanol–water partition coefficient (Wildman–Crippen LogP) is 2.20. The van der Waals surface area contributed by atoms with Crippen LogP contribution < -0.4 is 5.32 Å². The summed E-state index contributed by atoms with van der Waals surface area (Å²) in [5.41, 5.74) is 1.43. The number of nitrogens with zero attached hydrogens (tertiary/aromatic N) is 1. The van der Waals surface area contributed by atoms with Crippen LogP contribution >= 0.6 is 0 Å². The zero-order valence-electron chi connectivity index (χ0n) is 14.6. The van der Waals surface area contributed by atoms with E-state index in [2.05, 4.69) is 5.32 Å². The summed E-state index contributed by atoms with van der Waals surface area (Å²) in [6.07, 6.45) is 0. The van der Waals surface area contributed by atoms with Crippen molar-refractivity contribution in [2.45, 2.75) is 17.9 Å². The maximum absolute atomic E-state index is 12.6. The van der Waals surface area contributed by atoms with E-state index in [-0.39, 0.29) is 16.8 Å². The smallest absolute Gasteiger partial charge is 0.251 e. The molecule has 6 nitrogen and oxygen atoms in total. The van der Waals surface area contributed by atoms with Crippen molar-refractivity contribution < 1.29 is 17.9 Å². The molecule has 1 aliphatic rings. The van der Waals surface area contributed by atoms with E-state index in [0.717, 1.165) is 5.56 Å². The number of carbonyl (C=O) groups is 1. The van der Waals surface area contributed by atoms with Gasteiger partial charge in [0.15, 0.2) is 0 Å². The van der Waals surface area contributed by atoms with Crippen molar-refractivity contribution in [2.75, 3.05) is 26.3 Å². The maximum atomic E-state index is 12.6. The van der Waals surface area contributed by atoms with E-state index in [1.165, 1.54) is 16.4 Å². The van der Waals surface area contributed by atoms with Crippen molar-refractivity contribution >= 4 is 15.9 Å². The maximum Gasteiger partial charge on any atom is 0.251 e. The summed E-state index contributed by atoms with van der Waals surface area (Å²) in [5, 5.41) is 2.92. The molecule has 138 valence electrons. The molecule has 0 bridgehead atoms.